The number of nitrogens with zero attached hydrogens (tertiary/aromatic N) is 2. The Hall–Kier alpha value is -3.09. The van der Waals surface area contributed by atoms with E-state index in [-0.39, 0.29) is 23.8 Å². The van der Waals surface area contributed by atoms with Crippen molar-refractivity contribution >= 4 is 22.6 Å². The molecule has 0 spiro atoms. The highest BCUT2D eigenvalue weighted by Gasteiger charge is 2.21. The number of aromatic nitrogens is 2. The molecule has 0 saturated carbocycles. The fourth-order valence-corrected chi connectivity index (χ4v) is 3.32. The van der Waals surface area contributed by atoms with Crippen molar-refractivity contribution in [3.05, 3.63) is 64.3 Å². The van der Waals surface area contributed by atoms with E-state index in [1.165, 1.54) is 12.1 Å². The highest BCUT2D eigenvalue weighted by molar-refractivity contribution is 5.80. The van der Waals surface area contributed by atoms with Crippen molar-refractivity contribution in [2.75, 3.05) is 31.1 Å². The maximum Gasteiger partial charge on any atom is 0.323 e. The lowest BCUT2D eigenvalue weighted by molar-refractivity contribution is -0.130. The van der Waals surface area contributed by atoms with E-state index in [1.54, 1.807) is 12.1 Å². The molecule has 0 radical (unpaired) electrons. The lowest BCUT2D eigenvalue weighted by atomic mass is 10.1. The first-order chi connectivity index (χ1) is 12.6. The molecule has 26 heavy (non-hydrogen) atoms. The largest absolute Gasteiger partial charge is 0.368 e. The highest BCUT2D eigenvalue weighted by Crippen LogP contribution is 2.20. The van der Waals surface area contributed by atoms with Crippen LogP contribution < -0.4 is 10.6 Å². The molecular weight excluding hydrogens is 335 g/mol. The van der Waals surface area contributed by atoms with Gasteiger partial charge in [-0.3, -0.25) is 4.79 Å². The second-order valence-electron chi connectivity index (χ2n) is 6.48. The van der Waals surface area contributed by atoms with Crippen LogP contribution in [0.25, 0.3) is 11.0 Å². The van der Waals surface area contributed by atoms with Gasteiger partial charge >= 0.3 is 5.69 Å². The Labute approximate surface area is 149 Å². The predicted octanol–water partition coefficient (Wildman–Crippen LogP) is 1.89. The summed E-state index contributed by atoms with van der Waals surface area (Å²) in [4.78, 5) is 33.4. The molecule has 1 amide bonds. The summed E-state index contributed by atoms with van der Waals surface area (Å²) in [5.41, 5.74) is 3.20. The van der Waals surface area contributed by atoms with E-state index in [4.69, 9.17) is 0 Å². The molecule has 3 aromatic rings. The second kappa shape index (κ2) is 6.67. The van der Waals surface area contributed by atoms with E-state index in [0.29, 0.717) is 13.1 Å². The summed E-state index contributed by atoms with van der Waals surface area (Å²) < 4.78 is 13.0. The fourth-order valence-electron chi connectivity index (χ4n) is 3.32. The highest BCUT2D eigenvalue weighted by atomic mass is 19.1. The van der Waals surface area contributed by atoms with Gasteiger partial charge in [-0.2, -0.15) is 0 Å². The normalized spacial score (nSPS) is 14.8. The van der Waals surface area contributed by atoms with Gasteiger partial charge in [0, 0.05) is 31.9 Å². The number of piperazine rings is 1. The van der Waals surface area contributed by atoms with Gasteiger partial charge in [0.2, 0.25) is 5.91 Å². The number of H-pyrrole nitrogens is 2. The maximum atomic E-state index is 13.0. The topological polar surface area (TPSA) is 72.2 Å². The van der Waals surface area contributed by atoms with Crippen molar-refractivity contribution in [2.45, 2.75) is 6.42 Å². The number of anilines is 1. The van der Waals surface area contributed by atoms with Crippen molar-refractivity contribution in [3.8, 4) is 0 Å². The summed E-state index contributed by atoms with van der Waals surface area (Å²) in [5, 5.41) is 0. The molecule has 0 unspecified atom stereocenters. The van der Waals surface area contributed by atoms with Gasteiger partial charge in [-0.15, -0.1) is 0 Å². The molecular formula is C19H19FN4O2. The Morgan fingerprint density at radius 3 is 2.38 bits per heavy atom. The third-order valence-corrected chi connectivity index (χ3v) is 4.77. The number of halogens is 1. The van der Waals surface area contributed by atoms with Gasteiger partial charge in [0.15, 0.2) is 0 Å². The van der Waals surface area contributed by atoms with Crippen molar-refractivity contribution in [2.24, 2.45) is 0 Å². The standard InChI is InChI=1S/C19H19FN4O2/c20-14-3-1-13(2-4-14)11-18(25)24-9-7-23(8-10-24)15-5-6-16-17(12-15)22-19(26)21-16/h1-6,12H,7-11H2,(H2,21,22,26). The van der Waals surface area contributed by atoms with E-state index in [9.17, 15) is 14.0 Å². The molecule has 1 aliphatic heterocycles. The minimum Gasteiger partial charge on any atom is -0.368 e. The number of nitrogens with one attached hydrogen (secondary N) is 2. The minimum absolute atomic E-state index is 0.0571. The average Bonchev–Trinajstić information content (AvgIpc) is 3.03. The number of fused-ring (bicyclic) bond motifs is 1. The van der Waals surface area contributed by atoms with Crippen LogP contribution in [0.3, 0.4) is 0 Å². The molecule has 1 aliphatic rings. The van der Waals surface area contributed by atoms with Crippen LogP contribution in [0.5, 0.6) is 0 Å². The molecule has 2 N–H and O–H groups in total. The van der Waals surface area contributed by atoms with E-state index in [1.807, 2.05) is 23.1 Å². The number of hydrogen-bond acceptors (Lipinski definition) is 3. The summed E-state index contributed by atoms with van der Waals surface area (Å²) in [6.07, 6.45) is 0.289. The summed E-state index contributed by atoms with van der Waals surface area (Å²) in [6, 6.07) is 11.9. The van der Waals surface area contributed by atoms with Crippen LogP contribution in [-0.2, 0) is 11.2 Å². The van der Waals surface area contributed by atoms with Crippen molar-refractivity contribution < 1.29 is 9.18 Å². The Morgan fingerprint density at radius 2 is 1.65 bits per heavy atom. The van der Waals surface area contributed by atoms with Crippen LogP contribution in [0.1, 0.15) is 5.56 Å². The first kappa shape index (κ1) is 16.4. The number of rotatable bonds is 3. The van der Waals surface area contributed by atoms with E-state index >= 15 is 0 Å². The zero-order chi connectivity index (χ0) is 18.1. The molecule has 2 aromatic carbocycles. The maximum absolute atomic E-state index is 13.0. The molecule has 1 fully saturated rings. The van der Waals surface area contributed by atoms with Gasteiger partial charge in [-0.05, 0) is 35.9 Å². The summed E-state index contributed by atoms with van der Waals surface area (Å²) in [7, 11) is 0. The van der Waals surface area contributed by atoms with E-state index in [2.05, 4.69) is 14.9 Å². The second-order valence-corrected chi connectivity index (χ2v) is 6.48. The minimum atomic E-state index is -0.296. The quantitative estimate of drug-likeness (QED) is 0.754. The summed E-state index contributed by atoms with van der Waals surface area (Å²) in [5.74, 6) is -0.239. The number of imidazole rings is 1. The van der Waals surface area contributed by atoms with E-state index < -0.39 is 0 Å². The SMILES string of the molecule is O=C(Cc1ccc(F)cc1)N1CCN(c2ccc3[nH]c(=O)[nH]c3c2)CC1. The molecule has 2 heterocycles. The molecule has 0 atom stereocenters. The molecule has 0 bridgehead atoms. The zero-order valence-corrected chi connectivity index (χ0v) is 14.2. The van der Waals surface area contributed by atoms with Gasteiger partial charge in [0.05, 0.1) is 17.5 Å². The zero-order valence-electron chi connectivity index (χ0n) is 14.2. The molecule has 0 aliphatic carbocycles. The van der Waals surface area contributed by atoms with Gasteiger partial charge < -0.3 is 19.8 Å². The predicted molar refractivity (Wildman–Crippen MR) is 97.8 cm³/mol. The van der Waals surface area contributed by atoms with Crippen LogP contribution in [0, 0.1) is 5.82 Å². The third-order valence-electron chi connectivity index (χ3n) is 4.77. The van der Waals surface area contributed by atoms with Crippen molar-refractivity contribution in [1.82, 2.24) is 14.9 Å². The Morgan fingerprint density at radius 1 is 0.962 bits per heavy atom. The average molecular weight is 354 g/mol. The van der Waals surface area contributed by atoms with E-state index in [0.717, 1.165) is 35.4 Å². The number of hydrogen-bond donors (Lipinski definition) is 2. The summed E-state index contributed by atoms with van der Waals surface area (Å²) in [6.45, 7) is 2.74. The fraction of sp³-hybridized carbons (Fsp3) is 0.263. The van der Waals surface area contributed by atoms with Crippen LogP contribution in [0.2, 0.25) is 0 Å². The third kappa shape index (κ3) is 3.33. The van der Waals surface area contributed by atoms with Crippen LogP contribution in [0.4, 0.5) is 10.1 Å². The molecule has 1 saturated heterocycles. The van der Waals surface area contributed by atoms with Gasteiger partial charge in [-0.25, -0.2) is 9.18 Å². The Balaban J connectivity index is 1.38. The number of benzene rings is 2. The van der Waals surface area contributed by atoms with Crippen LogP contribution in [0.15, 0.2) is 47.3 Å². The lowest BCUT2D eigenvalue weighted by Crippen LogP contribution is -2.49. The molecule has 7 heteroatoms. The smallest absolute Gasteiger partial charge is 0.323 e. The van der Waals surface area contributed by atoms with Crippen molar-refractivity contribution in [3.63, 3.8) is 0 Å². The number of amides is 1. The molecule has 1 aromatic heterocycles. The molecule has 4 rings (SSSR count). The van der Waals surface area contributed by atoms with Crippen molar-refractivity contribution in [1.29, 1.82) is 0 Å². The molecule has 6 nitrogen and oxygen atoms in total. The number of carbonyl (C=O) groups excluding carboxylic acids is 1. The van der Waals surface area contributed by atoms with Crippen LogP contribution in [-0.4, -0.2) is 47.0 Å². The summed E-state index contributed by atoms with van der Waals surface area (Å²) >= 11 is 0. The van der Waals surface area contributed by atoms with Gasteiger partial charge in [0.25, 0.3) is 0 Å². The van der Waals surface area contributed by atoms with Crippen LogP contribution >= 0.6 is 0 Å². The Kier molecular flexibility index (Phi) is 4.20. The molecule has 134 valence electrons. The number of carbonyl (C=O) groups is 1. The Bertz CT molecular complexity index is 985. The first-order valence-corrected chi connectivity index (χ1v) is 8.58. The monoisotopic (exact) mass is 354 g/mol. The lowest BCUT2D eigenvalue weighted by Gasteiger charge is -2.36. The van der Waals surface area contributed by atoms with Gasteiger partial charge in [0.1, 0.15) is 5.82 Å². The van der Waals surface area contributed by atoms with Gasteiger partial charge in [-0.1, -0.05) is 12.1 Å². The number of aromatic amines is 2. The first-order valence-electron chi connectivity index (χ1n) is 8.58.